The third-order valence-electron chi connectivity index (χ3n) is 2.07. The first-order chi connectivity index (χ1) is 8.27. The molecule has 0 saturated heterocycles. The van der Waals surface area contributed by atoms with Crippen LogP contribution in [-0.4, -0.2) is 26.0 Å². The molecule has 0 spiro atoms. The molecule has 0 radical (unpaired) electrons. The number of oxime groups is 1. The van der Waals surface area contributed by atoms with Crippen LogP contribution in [0.1, 0.15) is 5.56 Å². The highest BCUT2D eigenvalue weighted by atomic mass is 79.9. The molecular weight excluding hydrogens is 390 g/mol. The lowest BCUT2D eigenvalue weighted by Crippen LogP contribution is -2.33. The van der Waals surface area contributed by atoms with Crippen molar-refractivity contribution in [1.29, 1.82) is 0 Å². The van der Waals surface area contributed by atoms with Crippen molar-refractivity contribution in [2.75, 3.05) is 6.54 Å². The SMILES string of the molecule is Cc1cc(Br)c(S(=O)(=O)NC/C(N)=N/O)cc1Br. The van der Waals surface area contributed by atoms with Crippen molar-refractivity contribution in [2.24, 2.45) is 10.9 Å². The highest BCUT2D eigenvalue weighted by molar-refractivity contribution is 9.11. The molecule has 0 fully saturated rings. The second kappa shape index (κ2) is 6.00. The number of aryl methyl sites for hydroxylation is 1. The van der Waals surface area contributed by atoms with Gasteiger partial charge in [-0.1, -0.05) is 21.1 Å². The lowest BCUT2D eigenvalue weighted by atomic mass is 10.2. The Morgan fingerprint density at radius 3 is 2.61 bits per heavy atom. The molecule has 1 aromatic carbocycles. The van der Waals surface area contributed by atoms with E-state index in [1.54, 1.807) is 6.07 Å². The zero-order chi connectivity index (χ0) is 13.9. The van der Waals surface area contributed by atoms with Gasteiger partial charge in [-0.05, 0) is 40.5 Å². The molecule has 0 atom stereocenters. The number of nitrogens with two attached hydrogens (primary N) is 1. The first-order valence-electron chi connectivity index (χ1n) is 4.69. The molecule has 18 heavy (non-hydrogen) atoms. The Hall–Kier alpha value is -0.640. The second-order valence-electron chi connectivity index (χ2n) is 3.45. The molecule has 0 heterocycles. The molecular formula is C9H11Br2N3O3S. The van der Waals surface area contributed by atoms with Crippen molar-refractivity contribution in [3.63, 3.8) is 0 Å². The van der Waals surface area contributed by atoms with Gasteiger partial charge in [-0.3, -0.25) is 0 Å². The van der Waals surface area contributed by atoms with E-state index in [9.17, 15) is 8.42 Å². The summed E-state index contributed by atoms with van der Waals surface area (Å²) in [5.74, 6) is -0.221. The largest absolute Gasteiger partial charge is 0.409 e. The predicted octanol–water partition coefficient (Wildman–Crippen LogP) is 1.54. The average molecular weight is 401 g/mol. The highest BCUT2D eigenvalue weighted by Gasteiger charge is 2.19. The molecule has 0 aromatic heterocycles. The minimum Gasteiger partial charge on any atom is -0.409 e. The predicted molar refractivity (Wildman–Crippen MR) is 75.2 cm³/mol. The van der Waals surface area contributed by atoms with Crippen LogP contribution in [-0.2, 0) is 10.0 Å². The van der Waals surface area contributed by atoms with Crippen LogP contribution >= 0.6 is 31.9 Å². The molecule has 0 amide bonds. The number of nitrogens with one attached hydrogen (secondary N) is 1. The van der Waals surface area contributed by atoms with E-state index in [1.807, 2.05) is 6.92 Å². The number of benzene rings is 1. The monoisotopic (exact) mass is 399 g/mol. The van der Waals surface area contributed by atoms with Crippen molar-refractivity contribution in [2.45, 2.75) is 11.8 Å². The minimum atomic E-state index is -3.73. The fourth-order valence-corrected chi connectivity index (χ4v) is 3.79. The van der Waals surface area contributed by atoms with E-state index >= 15 is 0 Å². The Balaban J connectivity index is 3.09. The highest BCUT2D eigenvalue weighted by Crippen LogP contribution is 2.28. The Morgan fingerprint density at radius 1 is 1.44 bits per heavy atom. The topological polar surface area (TPSA) is 105 Å². The number of nitrogens with zero attached hydrogens (tertiary/aromatic N) is 1. The molecule has 4 N–H and O–H groups in total. The van der Waals surface area contributed by atoms with Crippen molar-refractivity contribution >= 4 is 47.7 Å². The maximum absolute atomic E-state index is 12.0. The maximum atomic E-state index is 12.0. The van der Waals surface area contributed by atoms with Gasteiger partial charge < -0.3 is 10.9 Å². The summed E-state index contributed by atoms with van der Waals surface area (Å²) >= 11 is 6.46. The summed E-state index contributed by atoms with van der Waals surface area (Å²) in [6.07, 6.45) is 0. The van der Waals surface area contributed by atoms with Crippen LogP contribution in [0.2, 0.25) is 0 Å². The molecule has 0 bridgehead atoms. The number of sulfonamides is 1. The van der Waals surface area contributed by atoms with Gasteiger partial charge in [0.25, 0.3) is 0 Å². The summed E-state index contributed by atoms with van der Waals surface area (Å²) in [5.41, 5.74) is 6.10. The molecule has 9 heteroatoms. The number of amidine groups is 1. The van der Waals surface area contributed by atoms with Gasteiger partial charge in [0.05, 0.1) is 11.4 Å². The van der Waals surface area contributed by atoms with Gasteiger partial charge >= 0.3 is 0 Å². The number of rotatable bonds is 4. The Kier molecular flexibility index (Phi) is 5.14. The molecule has 100 valence electrons. The van der Waals surface area contributed by atoms with Crippen molar-refractivity contribution in [3.05, 3.63) is 26.6 Å². The quantitative estimate of drug-likeness (QED) is 0.308. The van der Waals surface area contributed by atoms with E-state index in [4.69, 9.17) is 10.9 Å². The first kappa shape index (κ1) is 15.4. The van der Waals surface area contributed by atoms with Crippen LogP contribution in [0.4, 0.5) is 0 Å². The molecule has 0 saturated carbocycles. The standard InChI is InChI=1S/C9H11Br2N3O3S/c1-5-2-7(11)8(3-6(5)10)18(16,17)13-4-9(12)14-15/h2-3,13,15H,4H2,1H3,(H2,12,14). The van der Waals surface area contributed by atoms with Crippen molar-refractivity contribution in [3.8, 4) is 0 Å². The molecule has 0 aliphatic rings. The molecule has 6 nitrogen and oxygen atoms in total. The summed E-state index contributed by atoms with van der Waals surface area (Å²) < 4.78 is 27.3. The molecule has 0 unspecified atom stereocenters. The van der Waals surface area contributed by atoms with E-state index in [1.165, 1.54) is 6.07 Å². The minimum absolute atomic E-state index is 0.0747. The summed E-state index contributed by atoms with van der Waals surface area (Å²) in [6, 6.07) is 3.16. The smallest absolute Gasteiger partial charge is 0.242 e. The third-order valence-corrected chi connectivity index (χ3v) is 5.29. The van der Waals surface area contributed by atoms with Crippen LogP contribution in [0.3, 0.4) is 0 Å². The Bertz CT molecular complexity index is 587. The van der Waals surface area contributed by atoms with Gasteiger partial charge in [-0.25, -0.2) is 13.1 Å². The van der Waals surface area contributed by atoms with Crippen molar-refractivity contribution < 1.29 is 13.6 Å². The zero-order valence-electron chi connectivity index (χ0n) is 9.31. The maximum Gasteiger partial charge on any atom is 0.242 e. The normalized spacial score (nSPS) is 12.7. The van der Waals surface area contributed by atoms with Gasteiger partial charge in [0.15, 0.2) is 5.84 Å². The zero-order valence-corrected chi connectivity index (χ0v) is 13.3. The Labute approximate surface area is 122 Å². The van der Waals surface area contributed by atoms with Gasteiger partial charge in [-0.15, -0.1) is 0 Å². The summed E-state index contributed by atoms with van der Waals surface area (Å²) in [4.78, 5) is 0.0747. The Morgan fingerprint density at radius 2 is 2.06 bits per heavy atom. The first-order valence-corrected chi connectivity index (χ1v) is 7.76. The van der Waals surface area contributed by atoms with Crippen LogP contribution in [0.25, 0.3) is 0 Å². The van der Waals surface area contributed by atoms with E-state index in [2.05, 4.69) is 41.7 Å². The third kappa shape index (κ3) is 3.67. The number of halogens is 2. The summed E-state index contributed by atoms with van der Waals surface area (Å²) in [7, 11) is -3.73. The van der Waals surface area contributed by atoms with Crippen molar-refractivity contribution in [1.82, 2.24) is 4.72 Å². The van der Waals surface area contributed by atoms with Crippen LogP contribution in [0.15, 0.2) is 31.1 Å². The lowest BCUT2D eigenvalue weighted by molar-refractivity contribution is 0.317. The summed E-state index contributed by atoms with van der Waals surface area (Å²) in [6.45, 7) is 1.58. The molecule has 0 aliphatic heterocycles. The van der Waals surface area contributed by atoms with Gasteiger partial charge in [-0.2, -0.15) is 0 Å². The fraction of sp³-hybridized carbons (Fsp3) is 0.222. The molecule has 1 aromatic rings. The van der Waals surface area contributed by atoms with Gasteiger partial charge in [0, 0.05) is 8.95 Å². The van der Waals surface area contributed by atoms with Crippen LogP contribution in [0, 0.1) is 6.92 Å². The average Bonchev–Trinajstić information content (AvgIpc) is 2.30. The van der Waals surface area contributed by atoms with E-state index < -0.39 is 10.0 Å². The fourth-order valence-electron chi connectivity index (χ4n) is 1.12. The van der Waals surface area contributed by atoms with Crippen LogP contribution < -0.4 is 10.5 Å². The van der Waals surface area contributed by atoms with Gasteiger partial charge in [0.1, 0.15) is 0 Å². The molecule has 0 aliphatic carbocycles. The number of hydrogen-bond donors (Lipinski definition) is 3. The van der Waals surface area contributed by atoms with Crippen LogP contribution in [0.5, 0.6) is 0 Å². The van der Waals surface area contributed by atoms with E-state index in [0.717, 1.165) is 5.56 Å². The molecule has 1 rings (SSSR count). The second-order valence-corrected chi connectivity index (χ2v) is 6.89. The summed E-state index contributed by atoms with van der Waals surface area (Å²) in [5, 5.41) is 11.0. The van der Waals surface area contributed by atoms with Gasteiger partial charge in [0.2, 0.25) is 10.0 Å². The number of hydrogen-bond acceptors (Lipinski definition) is 4. The lowest BCUT2D eigenvalue weighted by Gasteiger charge is -2.09. The van der Waals surface area contributed by atoms with E-state index in [-0.39, 0.29) is 17.3 Å². The van der Waals surface area contributed by atoms with E-state index in [0.29, 0.717) is 8.95 Å².